The molecule has 1 heteroatoms. The minimum atomic E-state index is 0. The first-order valence-electron chi connectivity index (χ1n) is 3.68. The van der Waals surface area contributed by atoms with Gasteiger partial charge in [-0.15, -0.1) is 0 Å². The summed E-state index contributed by atoms with van der Waals surface area (Å²) in [5.74, 6) is 0. The normalized spacial score (nSPS) is 19.6. The largest absolute Gasteiger partial charge is 2.00 e. The molecule has 0 aromatic rings. The van der Waals surface area contributed by atoms with Gasteiger partial charge in [0.2, 0.25) is 0 Å². The van der Waals surface area contributed by atoms with Crippen molar-refractivity contribution in [1.82, 2.24) is 0 Å². The second-order valence-corrected chi connectivity index (χ2v) is 2.65. The molecule has 56 valence electrons. The van der Waals surface area contributed by atoms with Crippen LogP contribution in [0.1, 0.15) is 15.7 Å². The molecule has 11 heavy (non-hydrogen) atoms. The molecule has 0 saturated carbocycles. The zero-order valence-corrected chi connectivity index (χ0v) is 8.84. The zero-order chi connectivity index (χ0) is 6.81. The molecule has 0 nitrogen and oxygen atoms in total. The molecule has 0 spiro atoms. The van der Waals surface area contributed by atoms with Crippen LogP contribution in [0.25, 0.3) is 0 Å². The van der Waals surface area contributed by atoms with Gasteiger partial charge in [0.25, 0.3) is 0 Å². The van der Waals surface area contributed by atoms with Crippen molar-refractivity contribution in [2.45, 2.75) is 12.8 Å². The summed E-state index contributed by atoms with van der Waals surface area (Å²) < 4.78 is 0. The van der Waals surface area contributed by atoms with Crippen molar-refractivity contribution in [3.05, 3.63) is 47.6 Å². The SMILES string of the molecule is C1=CCC(C2=CC=CC2)=C1.[H-].[H-].[Zr+2]. The van der Waals surface area contributed by atoms with Gasteiger partial charge in [0.15, 0.2) is 0 Å². The summed E-state index contributed by atoms with van der Waals surface area (Å²) >= 11 is 0. The van der Waals surface area contributed by atoms with Crippen LogP contribution in [0, 0.1) is 0 Å². The second kappa shape index (κ2) is 4.02. The van der Waals surface area contributed by atoms with Crippen LogP contribution in [-0.2, 0) is 26.2 Å². The Hall–Kier alpha value is -0.157. The smallest absolute Gasteiger partial charge is 1.00 e. The summed E-state index contributed by atoms with van der Waals surface area (Å²) in [6.45, 7) is 0. The number of hydrogen-bond donors (Lipinski definition) is 0. The number of allylic oxidation sites excluding steroid dienone is 8. The van der Waals surface area contributed by atoms with Gasteiger partial charge in [-0.3, -0.25) is 0 Å². The Labute approximate surface area is 89.5 Å². The fourth-order valence-electron chi connectivity index (χ4n) is 1.37. The van der Waals surface area contributed by atoms with Gasteiger partial charge in [-0.05, 0) is 24.0 Å². The average molecular weight is 223 g/mol. The topological polar surface area (TPSA) is 0 Å². The van der Waals surface area contributed by atoms with Crippen LogP contribution in [0.2, 0.25) is 0 Å². The van der Waals surface area contributed by atoms with Crippen LogP contribution >= 0.6 is 0 Å². The van der Waals surface area contributed by atoms with Gasteiger partial charge < -0.3 is 2.85 Å². The summed E-state index contributed by atoms with van der Waals surface area (Å²) in [4.78, 5) is 0. The van der Waals surface area contributed by atoms with Gasteiger partial charge in [0, 0.05) is 0 Å². The summed E-state index contributed by atoms with van der Waals surface area (Å²) in [5, 5.41) is 0. The third-order valence-corrected chi connectivity index (χ3v) is 1.95. The van der Waals surface area contributed by atoms with E-state index in [4.69, 9.17) is 0 Å². The molecule has 0 unspecified atom stereocenters. The van der Waals surface area contributed by atoms with E-state index in [0.717, 1.165) is 12.8 Å². The molecule has 0 amide bonds. The zero-order valence-electron chi connectivity index (χ0n) is 8.38. The molecule has 0 atom stereocenters. The first-order chi connectivity index (χ1) is 4.97. The summed E-state index contributed by atoms with van der Waals surface area (Å²) in [7, 11) is 0. The first kappa shape index (κ1) is 8.94. The van der Waals surface area contributed by atoms with Crippen molar-refractivity contribution >= 4 is 0 Å². The van der Waals surface area contributed by atoms with Crippen LogP contribution < -0.4 is 0 Å². The maximum Gasteiger partial charge on any atom is 2.00 e. The standard InChI is InChI=1S/C10H10.Zr.2H/c1-2-6-9(5-1)10-7-3-4-8-10;;;/h1-5,7H,6,8H2;;;/q;+2;2*-1. The van der Waals surface area contributed by atoms with Crippen molar-refractivity contribution in [2.75, 3.05) is 0 Å². The van der Waals surface area contributed by atoms with Gasteiger partial charge in [-0.25, -0.2) is 0 Å². The molecule has 0 N–H and O–H groups in total. The van der Waals surface area contributed by atoms with Crippen molar-refractivity contribution in [3.8, 4) is 0 Å². The predicted octanol–water partition coefficient (Wildman–Crippen LogP) is 2.98. The maximum absolute atomic E-state index is 2.21. The molecule has 2 rings (SSSR count). The molecule has 0 aliphatic heterocycles. The minimum Gasteiger partial charge on any atom is -1.00 e. The maximum atomic E-state index is 2.21. The molecular weight excluding hydrogens is 211 g/mol. The Balaban J connectivity index is 0. The molecule has 0 saturated heterocycles. The fourth-order valence-corrected chi connectivity index (χ4v) is 1.37. The van der Waals surface area contributed by atoms with Crippen LogP contribution in [0.5, 0.6) is 0 Å². The van der Waals surface area contributed by atoms with Crippen molar-refractivity contribution < 1.29 is 29.1 Å². The van der Waals surface area contributed by atoms with E-state index in [9.17, 15) is 0 Å². The van der Waals surface area contributed by atoms with Crippen LogP contribution in [0.3, 0.4) is 0 Å². The Bertz CT molecular complexity index is 234. The Kier molecular flexibility index (Phi) is 3.26. The fraction of sp³-hybridized carbons (Fsp3) is 0.200. The van der Waals surface area contributed by atoms with E-state index in [2.05, 4.69) is 36.5 Å². The molecule has 0 aromatic carbocycles. The molecule has 2 aliphatic carbocycles. The molecule has 0 heterocycles. The van der Waals surface area contributed by atoms with E-state index in [1.807, 2.05) is 0 Å². The van der Waals surface area contributed by atoms with E-state index in [-0.39, 0.29) is 29.1 Å². The van der Waals surface area contributed by atoms with Gasteiger partial charge >= 0.3 is 26.2 Å². The van der Waals surface area contributed by atoms with Crippen molar-refractivity contribution in [1.29, 1.82) is 0 Å². The van der Waals surface area contributed by atoms with Crippen LogP contribution in [0.15, 0.2) is 47.6 Å². The Morgan fingerprint density at radius 2 is 1.36 bits per heavy atom. The molecule has 0 aromatic heterocycles. The third-order valence-electron chi connectivity index (χ3n) is 1.95. The van der Waals surface area contributed by atoms with Gasteiger partial charge in [0.1, 0.15) is 0 Å². The third kappa shape index (κ3) is 1.90. The van der Waals surface area contributed by atoms with E-state index in [1.165, 1.54) is 11.1 Å². The molecule has 0 radical (unpaired) electrons. The predicted molar refractivity (Wildman–Crippen MR) is 45.9 cm³/mol. The van der Waals surface area contributed by atoms with Crippen LogP contribution in [-0.4, -0.2) is 0 Å². The van der Waals surface area contributed by atoms with E-state index < -0.39 is 0 Å². The van der Waals surface area contributed by atoms with E-state index >= 15 is 0 Å². The van der Waals surface area contributed by atoms with Gasteiger partial charge in [-0.1, -0.05) is 36.5 Å². The van der Waals surface area contributed by atoms with Gasteiger partial charge in [-0.2, -0.15) is 0 Å². The monoisotopic (exact) mass is 222 g/mol. The van der Waals surface area contributed by atoms with Crippen LogP contribution in [0.4, 0.5) is 0 Å². The van der Waals surface area contributed by atoms with E-state index in [1.54, 1.807) is 0 Å². The number of rotatable bonds is 1. The summed E-state index contributed by atoms with van der Waals surface area (Å²) in [6, 6.07) is 0. The van der Waals surface area contributed by atoms with Gasteiger partial charge in [0.05, 0.1) is 0 Å². The van der Waals surface area contributed by atoms with E-state index in [0.29, 0.717) is 0 Å². The summed E-state index contributed by atoms with van der Waals surface area (Å²) in [5.41, 5.74) is 2.98. The quantitative estimate of drug-likeness (QED) is 0.641. The molecule has 2 aliphatic rings. The van der Waals surface area contributed by atoms with Crippen molar-refractivity contribution in [3.63, 3.8) is 0 Å². The molecule has 0 fully saturated rings. The second-order valence-electron chi connectivity index (χ2n) is 2.65. The average Bonchev–Trinajstić information content (AvgIpc) is 2.59. The summed E-state index contributed by atoms with van der Waals surface area (Å²) in [6.07, 6.45) is 15.4. The number of hydrogen-bond acceptors (Lipinski definition) is 0. The van der Waals surface area contributed by atoms with Crippen molar-refractivity contribution in [2.24, 2.45) is 0 Å². The molecule has 0 bridgehead atoms. The molecular formula is C10H12Zr. The Morgan fingerprint density at radius 1 is 0.909 bits per heavy atom. The first-order valence-corrected chi connectivity index (χ1v) is 3.68. The Morgan fingerprint density at radius 3 is 1.64 bits per heavy atom. The minimum absolute atomic E-state index is 0.